The molecule has 0 bridgehead atoms. The van der Waals surface area contributed by atoms with Crippen LogP contribution in [-0.2, 0) is 4.74 Å². The normalized spacial score (nSPS) is 19.8. The van der Waals surface area contributed by atoms with Crippen molar-refractivity contribution in [3.63, 3.8) is 0 Å². The first-order chi connectivity index (χ1) is 5.93. The lowest BCUT2D eigenvalue weighted by Gasteiger charge is -2.22. The summed E-state index contributed by atoms with van der Waals surface area (Å²) >= 11 is 0. The zero-order valence-electron chi connectivity index (χ0n) is 7.94. The molecule has 0 aromatic heterocycles. The third-order valence-corrected chi connectivity index (χ3v) is 2.33. The molecule has 0 unspecified atom stereocenters. The molecule has 0 spiro atoms. The zero-order valence-corrected chi connectivity index (χ0v) is 7.94. The lowest BCUT2D eigenvalue weighted by Crippen LogP contribution is -2.31. The standard InChI is InChI=1S/C9H20N2O/c1-10-4-5-11-8-9-2-6-12-7-3-9/h9-11H,2-8H2,1H3. The van der Waals surface area contributed by atoms with Crippen LogP contribution in [-0.4, -0.2) is 39.9 Å². The Hall–Kier alpha value is -0.120. The van der Waals surface area contributed by atoms with Gasteiger partial charge in [0.05, 0.1) is 0 Å². The Morgan fingerprint density at radius 1 is 1.25 bits per heavy atom. The number of rotatable bonds is 5. The highest BCUT2D eigenvalue weighted by atomic mass is 16.5. The van der Waals surface area contributed by atoms with Gasteiger partial charge in [-0.05, 0) is 32.4 Å². The van der Waals surface area contributed by atoms with E-state index in [1.165, 1.54) is 12.8 Å². The van der Waals surface area contributed by atoms with E-state index in [-0.39, 0.29) is 0 Å². The summed E-state index contributed by atoms with van der Waals surface area (Å²) in [4.78, 5) is 0. The third kappa shape index (κ3) is 4.04. The minimum Gasteiger partial charge on any atom is -0.381 e. The quantitative estimate of drug-likeness (QED) is 0.582. The predicted molar refractivity (Wildman–Crippen MR) is 50.3 cm³/mol. The van der Waals surface area contributed by atoms with E-state index in [2.05, 4.69) is 10.6 Å². The average molecular weight is 172 g/mol. The van der Waals surface area contributed by atoms with Crippen molar-refractivity contribution in [1.29, 1.82) is 0 Å². The molecule has 1 rings (SSSR count). The number of hydrogen-bond acceptors (Lipinski definition) is 3. The highest BCUT2D eigenvalue weighted by molar-refractivity contribution is 4.65. The SMILES string of the molecule is CNCCNCC1CCOCC1. The largest absolute Gasteiger partial charge is 0.381 e. The van der Waals surface area contributed by atoms with E-state index >= 15 is 0 Å². The molecule has 0 aromatic carbocycles. The minimum absolute atomic E-state index is 0.843. The van der Waals surface area contributed by atoms with Crippen molar-refractivity contribution in [2.45, 2.75) is 12.8 Å². The molecule has 12 heavy (non-hydrogen) atoms. The van der Waals surface area contributed by atoms with Gasteiger partial charge < -0.3 is 15.4 Å². The second kappa shape index (κ2) is 6.40. The highest BCUT2D eigenvalue weighted by Crippen LogP contribution is 2.12. The van der Waals surface area contributed by atoms with Crippen LogP contribution in [0.4, 0.5) is 0 Å². The topological polar surface area (TPSA) is 33.3 Å². The fourth-order valence-electron chi connectivity index (χ4n) is 1.47. The van der Waals surface area contributed by atoms with Gasteiger partial charge in [0.1, 0.15) is 0 Å². The first kappa shape index (κ1) is 9.96. The molecule has 2 N–H and O–H groups in total. The smallest absolute Gasteiger partial charge is 0.0469 e. The van der Waals surface area contributed by atoms with Crippen LogP contribution in [0.2, 0.25) is 0 Å². The van der Waals surface area contributed by atoms with Crippen molar-refractivity contribution in [1.82, 2.24) is 10.6 Å². The molecule has 1 aliphatic rings. The van der Waals surface area contributed by atoms with Gasteiger partial charge in [0, 0.05) is 26.3 Å². The fourth-order valence-corrected chi connectivity index (χ4v) is 1.47. The zero-order chi connectivity index (χ0) is 8.65. The Balaban J connectivity index is 1.91. The first-order valence-electron chi connectivity index (χ1n) is 4.86. The Kier molecular flexibility index (Phi) is 5.32. The van der Waals surface area contributed by atoms with Gasteiger partial charge in [-0.2, -0.15) is 0 Å². The van der Waals surface area contributed by atoms with Crippen molar-refractivity contribution in [3.8, 4) is 0 Å². The molecule has 0 amide bonds. The van der Waals surface area contributed by atoms with E-state index in [4.69, 9.17) is 4.74 Å². The molecular weight excluding hydrogens is 152 g/mol. The highest BCUT2D eigenvalue weighted by Gasteiger charge is 2.12. The van der Waals surface area contributed by atoms with Crippen LogP contribution in [0, 0.1) is 5.92 Å². The molecule has 0 radical (unpaired) electrons. The van der Waals surface area contributed by atoms with Crippen LogP contribution >= 0.6 is 0 Å². The van der Waals surface area contributed by atoms with Crippen LogP contribution in [0.15, 0.2) is 0 Å². The van der Waals surface area contributed by atoms with Crippen molar-refractivity contribution in [3.05, 3.63) is 0 Å². The molecule has 0 atom stereocenters. The van der Waals surface area contributed by atoms with E-state index in [1.54, 1.807) is 0 Å². The van der Waals surface area contributed by atoms with Gasteiger partial charge in [0.15, 0.2) is 0 Å². The first-order valence-corrected chi connectivity index (χ1v) is 4.86. The van der Waals surface area contributed by atoms with Crippen LogP contribution in [0.3, 0.4) is 0 Å². The van der Waals surface area contributed by atoms with Crippen LogP contribution < -0.4 is 10.6 Å². The molecule has 72 valence electrons. The maximum Gasteiger partial charge on any atom is 0.0469 e. The Morgan fingerprint density at radius 3 is 2.67 bits per heavy atom. The number of nitrogens with one attached hydrogen (secondary N) is 2. The van der Waals surface area contributed by atoms with Crippen LogP contribution in [0.25, 0.3) is 0 Å². The van der Waals surface area contributed by atoms with Gasteiger partial charge in [0.2, 0.25) is 0 Å². The molecule has 1 aliphatic heterocycles. The number of likely N-dealkylation sites (N-methyl/N-ethyl adjacent to an activating group) is 1. The second-order valence-electron chi connectivity index (χ2n) is 3.36. The average Bonchev–Trinajstić information content (AvgIpc) is 2.14. The van der Waals surface area contributed by atoms with E-state index in [0.29, 0.717) is 0 Å². The monoisotopic (exact) mass is 172 g/mol. The molecule has 0 aliphatic carbocycles. The summed E-state index contributed by atoms with van der Waals surface area (Å²) in [5.41, 5.74) is 0. The van der Waals surface area contributed by atoms with E-state index in [9.17, 15) is 0 Å². The Bertz CT molecular complexity index is 103. The van der Waals surface area contributed by atoms with Gasteiger partial charge in [-0.1, -0.05) is 0 Å². The number of ether oxygens (including phenoxy) is 1. The molecule has 1 fully saturated rings. The summed E-state index contributed by atoms with van der Waals surface area (Å²) in [6, 6.07) is 0. The van der Waals surface area contributed by atoms with Crippen LogP contribution in [0.5, 0.6) is 0 Å². The predicted octanol–water partition coefficient (Wildman–Crippen LogP) is 0.222. The Labute approximate surface area is 74.9 Å². The van der Waals surface area contributed by atoms with E-state index in [0.717, 1.165) is 38.8 Å². The van der Waals surface area contributed by atoms with Crippen molar-refractivity contribution in [2.24, 2.45) is 5.92 Å². The van der Waals surface area contributed by atoms with Gasteiger partial charge in [-0.25, -0.2) is 0 Å². The summed E-state index contributed by atoms with van der Waals surface area (Å²) in [5.74, 6) is 0.843. The van der Waals surface area contributed by atoms with Gasteiger partial charge in [-0.3, -0.25) is 0 Å². The van der Waals surface area contributed by atoms with Gasteiger partial charge in [-0.15, -0.1) is 0 Å². The molecule has 0 saturated carbocycles. The minimum atomic E-state index is 0.843. The lowest BCUT2D eigenvalue weighted by molar-refractivity contribution is 0.0664. The third-order valence-electron chi connectivity index (χ3n) is 2.33. The van der Waals surface area contributed by atoms with Gasteiger partial charge in [0.25, 0.3) is 0 Å². The van der Waals surface area contributed by atoms with Crippen molar-refractivity contribution < 1.29 is 4.74 Å². The summed E-state index contributed by atoms with van der Waals surface area (Å²) in [6.07, 6.45) is 2.46. The van der Waals surface area contributed by atoms with Crippen molar-refractivity contribution in [2.75, 3.05) is 39.9 Å². The molecular formula is C9H20N2O. The Morgan fingerprint density at radius 2 is 2.00 bits per heavy atom. The fraction of sp³-hybridized carbons (Fsp3) is 1.00. The molecule has 0 aromatic rings. The molecule has 1 heterocycles. The molecule has 3 heteroatoms. The van der Waals surface area contributed by atoms with Crippen molar-refractivity contribution >= 4 is 0 Å². The maximum absolute atomic E-state index is 5.29. The maximum atomic E-state index is 5.29. The van der Waals surface area contributed by atoms with Gasteiger partial charge >= 0.3 is 0 Å². The van der Waals surface area contributed by atoms with E-state index < -0.39 is 0 Å². The summed E-state index contributed by atoms with van der Waals surface area (Å²) < 4.78 is 5.29. The second-order valence-corrected chi connectivity index (χ2v) is 3.36. The van der Waals surface area contributed by atoms with E-state index in [1.807, 2.05) is 7.05 Å². The van der Waals surface area contributed by atoms with Crippen LogP contribution in [0.1, 0.15) is 12.8 Å². The molecule has 3 nitrogen and oxygen atoms in total. The molecule has 1 saturated heterocycles. The number of hydrogen-bond donors (Lipinski definition) is 2. The lowest BCUT2D eigenvalue weighted by atomic mass is 10.0. The summed E-state index contributed by atoms with van der Waals surface area (Å²) in [7, 11) is 1.98. The summed E-state index contributed by atoms with van der Waals surface area (Å²) in [6.45, 7) is 5.21. The summed E-state index contributed by atoms with van der Waals surface area (Å²) in [5, 5.41) is 6.56.